The first-order valence-corrected chi connectivity index (χ1v) is 4.43. The third kappa shape index (κ3) is 1.63. The monoisotopic (exact) mass is 205 g/mol. The van der Waals surface area contributed by atoms with Gasteiger partial charge in [-0.25, -0.2) is 9.67 Å². The summed E-state index contributed by atoms with van der Waals surface area (Å²) in [6, 6.07) is 3.54. The fourth-order valence-electron chi connectivity index (χ4n) is 1.32. The molecule has 2 heterocycles. The summed E-state index contributed by atoms with van der Waals surface area (Å²) >= 11 is 0. The highest BCUT2D eigenvalue weighted by Gasteiger charge is 2.09. The van der Waals surface area contributed by atoms with Gasteiger partial charge in [-0.1, -0.05) is 0 Å². The van der Waals surface area contributed by atoms with Gasteiger partial charge in [-0.05, 0) is 11.6 Å². The first kappa shape index (κ1) is 9.51. The number of pyridine rings is 1. The zero-order valence-electron chi connectivity index (χ0n) is 8.51. The number of hydrogen-bond donors (Lipinski definition) is 1. The second kappa shape index (κ2) is 3.61. The lowest BCUT2D eigenvalue weighted by atomic mass is 10.1. The van der Waals surface area contributed by atoms with Gasteiger partial charge in [0, 0.05) is 19.3 Å². The summed E-state index contributed by atoms with van der Waals surface area (Å²) in [4.78, 5) is 3.99. The summed E-state index contributed by atoms with van der Waals surface area (Å²) < 4.78 is 6.41. The van der Waals surface area contributed by atoms with Crippen LogP contribution in [0.5, 0.6) is 11.8 Å². The molecule has 0 unspecified atom stereocenters. The molecule has 1 N–H and O–H groups in total. The van der Waals surface area contributed by atoms with Crippen molar-refractivity contribution in [3.63, 3.8) is 0 Å². The molecular formula is C10H11N3O2. The second-order valence-corrected chi connectivity index (χ2v) is 3.09. The lowest BCUT2D eigenvalue weighted by molar-refractivity contribution is 0.398. The van der Waals surface area contributed by atoms with Gasteiger partial charge in [0.1, 0.15) is 0 Å². The Balaban J connectivity index is 2.49. The van der Waals surface area contributed by atoms with E-state index in [0.717, 1.165) is 5.56 Å². The van der Waals surface area contributed by atoms with Crippen molar-refractivity contribution in [2.75, 3.05) is 7.11 Å². The van der Waals surface area contributed by atoms with Crippen LogP contribution in [0, 0.1) is 0 Å². The van der Waals surface area contributed by atoms with Crippen molar-refractivity contribution in [3.05, 3.63) is 24.5 Å². The molecule has 0 spiro atoms. The molecule has 0 saturated heterocycles. The van der Waals surface area contributed by atoms with E-state index in [0.29, 0.717) is 11.4 Å². The minimum absolute atomic E-state index is 0.128. The molecule has 0 aliphatic rings. The fourth-order valence-corrected chi connectivity index (χ4v) is 1.32. The van der Waals surface area contributed by atoms with Crippen LogP contribution in [0.2, 0.25) is 0 Å². The van der Waals surface area contributed by atoms with E-state index < -0.39 is 0 Å². The predicted molar refractivity (Wildman–Crippen MR) is 54.7 cm³/mol. The predicted octanol–water partition coefficient (Wildman–Crippen LogP) is 1.20. The Labute approximate surface area is 87.0 Å². The smallest absolute Gasteiger partial charge is 0.217 e. The number of methoxy groups -OCH3 is 1. The van der Waals surface area contributed by atoms with Gasteiger partial charge < -0.3 is 9.84 Å². The molecular weight excluding hydrogens is 194 g/mol. The normalized spacial score (nSPS) is 10.3. The fraction of sp³-hybridized carbons (Fsp3) is 0.200. The average molecular weight is 205 g/mol. The topological polar surface area (TPSA) is 60.2 Å². The minimum Gasteiger partial charge on any atom is -0.493 e. The molecule has 2 aromatic heterocycles. The van der Waals surface area contributed by atoms with Crippen molar-refractivity contribution in [2.24, 2.45) is 7.05 Å². The van der Waals surface area contributed by atoms with Crippen molar-refractivity contribution >= 4 is 0 Å². The first-order chi connectivity index (χ1) is 7.22. The standard InChI is InChI=1S/C10H11N3O2/c1-13-10(14)8(6-12-13)7-3-4-11-9(5-7)15-2/h3-6,14H,1-2H3. The van der Waals surface area contributed by atoms with Crippen LogP contribution in [0.25, 0.3) is 11.1 Å². The Bertz CT molecular complexity index is 479. The van der Waals surface area contributed by atoms with Crippen LogP contribution >= 0.6 is 0 Å². The van der Waals surface area contributed by atoms with E-state index in [1.165, 1.54) is 4.68 Å². The van der Waals surface area contributed by atoms with Crippen LogP contribution in [0.15, 0.2) is 24.5 Å². The number of rotatable bonds is 2. The largest absolute Gasteiger partial charge is 0.493 e. The van der Waals surface area contributed by atoms with Gasteiger partial charge >= 0.3 is 0 Å². The third-order valence-electron chi connectivity index (χ3n) is 2.16. The molecule has 0 amide bonds. The lowest BCUT2D eigenvalue weighted by Crippen LogP contribution is -1.88. The molecule has 0 atom stereocenters. The maximum absolute atomic E-state index is 9.69. The SMILES string of the molecule is COc1cc(-c2cnn(C)c2O)ccn1. The van der Waals surface area contributed by atoms with Gasteiger partial charge in [0.15, 0.2) is 0 Å². The quantitative estimate of drug-likeness (QED) is 0.800. The Morgan fingerprint density at radius 1 is 1.47 bits per heavy atom. The van der Waals surface area contributed by atoms with Crippen LogP contribution in [0.4, 0.5) is 0 Å². The van der Waals surface area contributed by atoms with Gasteiger partial charge in [0.05, 0.1) is 18.9 Å². The van der Waals surface area contributed by atoms with Crippen LogP contribution in [0.1, 0.15) is 0 Å². The van der Waals surface area contributed by atoms with Crippen LogP contribution in [0.3, 0.4) is 0 Å². The van der Waals surface area contributed by atoms with Crippen LogP contribution < -0.4 is 4.74 Å². The van der Waals surface area contributed by atoms with Gasteiger partial charge in [-0.15, -0.1) is 0 Å². The Hall–Kier alpha value is -2.04. The molecule has 78 valence electrons. The molecule has 5 heteroatoms. The Kier molecular flexibility index (Phi) is 2.29. The maximum Gasteiger partial charge on any atom is 0.217 e. The molecule has 2 rings (SSSR count). The van der Waals surface area contributed by atoms with Crippen LogP contribution in [-0.4, -0.2) is 27.0 Å². The van der Waals surface area contributed by atoms with Crippen molar-refractivity contribution < 1.29 is 9.84 Å². The molecule has 0 aliphatic heterocycles. The van der Waals surface area contributed by atoms with E-state index in [-0.39, 0.29) is 5.88 Å². The van der Waals surface area contributed by atoms with Gasteiger partial charge in [0.25, 0.3) is 0 Å². The number of ether oxygens (including phenoxy) is 1. The van der Waals surface area contributed by atoms with Crippen LogP contribution in [-0.2, 0) is 7.05 Å². The van der Waals surface area contributed by atoms with E-state index in [4.69, 9.17) is 4.74 Å². The number of aromatic nitrogens is 3. The molecule has 0 radical (unpaired) electrons. The van der Waals surface area contributed by atoms with E-state index in [1.54, 1.807) is 38.7 Å². The second-order valence-electron chi connectivity index (χ2n) is 3.09. The molecule has 0 aromatic carbocycles. The number of nitrogens with zero attached hydrogens (tertiary/aromatic N) is 3. The summed E-state index contributed by atoms with van der Waals surface area (Å²) in [5.41, 5.74) is 1.49. The summed E-state index contributed by atoms with van der Waals surface area (Å²) in [6.07, 6.45) is 3.23. The molecule has 0 fully saturated rings. The zero-order valence-corrected chi connectivity index (χ0v) is 8.51. The third-order valence-corrected chi connectivity index (χ3v) is 2.16. The van der Waals surface area contributed by atoms with E-state index in [1.807, 2.05) is 0 Å². The van der Waals surface area contributed by atoms with Gasteiger partial charge in [0.2, 0.25) is 11.8 Å². The summed E-state index contributed by atoms with van der Waals surface area (Å²) in [7, 11) is 3.23. The number of aromatic hydroxyl groups is 1. The molecule has 2 aromatic rings. The summed E-state index contributed by atoms with van der Waals surface area (Å²) in [5, 5.41) is 13.6. The van der Waals surface area contributed by atoms with E-state index >= 15 is 0 Å². The zero-order chi connectivity index (χ0) is 10.8. The van der Waals surface area contributed by atoms with Crippen molar-refractivity contribution in [3.8, 4) is 22.9 Å². The molecule has 5 nitrogen and oxygen atoms in total. The molecule has 15 heavy (non-hydrogen) atoms. The number of hydrogen-bond acceptors (Lipinski definition) is 4. The Morgan fingerprint density at radius 3 is 2.87 bits per heavy atom. The Morgan fingerprint density at radius 2 is 2.27 bits per heavy atom. The summed E-state index contributed by atoms with van der Waals surface area (Å²) in [5.74, 6) is 0.638. The minimum atomic E-state index is 0.128. The van der Waals surface area contributed by atoms with Gasteiger partial charge in [-0.3, -0.25) is 0 Å². The lowest BCUT2D eigenvalue weighted by Gasteiger charge is -2.02. The molecule has 0 bridgehead atoms. The summed E-state index contributed by atoms with van der Waals surface area (Å²) in [6.45, 7) is 0. The van der Waals surface area contributed by atoms with Crippen molar-refractivity contribution in [1.29, 1.82) is 0 Å². The van der Waals surface area contributed by atoms with Crippen molar-refractivity contribution in [2.45, 2.75) is 0 Å². The first-order valence-electron chi connectivity index (χ1n) is 4.43. The average Bonchev–Trinajstić information content (AvgIpc) is 2.60. The van der Waals surface area contributed by atoms with Crippen molar-refractivity contribution in [1.82, 2.24) is 14.8 Å². The highest BCUT2D eigenvalue weighted by atomic mass is 16.5. The van der Waals surface area contributed by atoms with E-state index in [2.05, 4.69) is 10.1 Å². The highest BCUT2D eigenvalue weighted by Crippen LogP contribution is 2.29. The molecule has 0 saturated carbocycles. The van der Waals surface area contributed by atoms with Gasteiger partial charge in [-0.2, -0.15) is 5.10 Å². The van der Waals surface area contributed by atoms with E-state index in [9.17, 15) is 5.11 Å². The molecule has 0 aliphatic carbocycles. The number of aryl methyl sites for hydroxylation is 1. The highest BCUT2D eigenvalue weighted by molar-refractivity contribution is 5.68. The maximum atomic E-state index is 9.69.